The Morgan fingerprint density at radius 3 is 2.72 bits per heavy atom. The van der Waals surface area contributed by atoms with E-state index in [-0.39, 0.29) is 6.04 Å². The molecule has 3 rings (SSSR count). The fourth-order valence-electron chi connectivity index (χ4n) is 2.88. The van der Waals surface area contributed by atoms with Crippen molar-refractivity contribution in [2.24, 2.45) is 12.8 Å². The van der Waals surface area contributed by atoms with Gasteiger partial charge in [-0.25, -0.2) is 0 Å². The van der Waals surface area contributed by atoms with Gasteiger partial charge in [-0.2, -0.15) is 5.10 Å². The highest BCUT2D eigenvalue weighted by molar-refractivity contribution is 5.39. The Labute approximate surface area is 108 Å². The summed E-state index contributed by atoms with van der Waals surface area (Å²) < 4.78 is 1.88. The van der Waals surface area contributed by atoms with Crippen LogP contribution in [-0.2, 0) is 19.9 Å². The van der Waals surface area contributed by atoms with Gasteiger partial charge < -0.3 is 5.73 Å². The van der Waals surface area contributed by atoms with E-state index in [1.807, 2.05) is 18.7 Å². The minimum atomic E-state index is -0.0814. The molecule has 0 amide bonds. The van der Waals surface area contributed by atoms with Gasteiger partial charge in [0.25, 0.3) is 0 Å². The van der Waals surface area contributed by atoms with Crippen LogP contribution >= 0.6 is 0 Å². The minimum absolute atomic E-state index is 0.0814. The highest BCUT2D eigenvalue weighted by atomic mass is 15.3. The third kappa shape index (κ3) is 1.85. The molecule has 0 saturated carbocycles. The van der Waals surface area contributed by atoms with Crippen LogP contribution in [0.25, 0.3) is 0 Å². The Morgan fingerprint density at radius 1 is 1.22 bits per heavy atom. The highest BCUT2D eigenvalue weighted by Crippen LogP contribution is 2.27. The number of rotatable bonds is 2. The Balaban J connectivity index is 1.97. The first-order chi connectivity index (χ1) is 8.65. The molecule has 2 aromatic rings. The maximum atomic E-state index is 6.36. The van der Waals surface area contributed by atoms with E-state index in [1.165, 1.54) is 36.0 Å². The SMILES string of the molecule is Cc1cc(C(N)c2ccc3c(c2)CCC3)n(C)n1. The molecule has 1 aliphatic rings. The van der Waals surface area contributed by atoms with Gasteiger partial charge in [-0.15, -0.1) is 0 Å². The lowest BCUT2D eigenvalue weighted by molar-refractivity contribution is 0.669. The van der Waals surface area contributed by atoms with Crippen molar-refractivity contribution in [1.29, 1.82) is 0 Å². The minimum Gasteiger partial charge on any atom is -0.319 e. The molecule has 1 aliphatic carbocycles. The fraction of sp³-hybridized carbons (Fsp3) is 0.400. The van der Waals surface area contributed by atoms with Crippen molar-refractivity contribution < 1.29 is 0 Å². The van der Waals surface area contributed by atoms with Crippen molar-refractivity contribution in [3.8, 4) is 0 Å². The summed E-state index contributed by atoms with van der Waals surface area (Å²) in [7, 11) is 1.95. The number of aromatic nitrogens is 2. The average molecular weight is 241 g/mol. The fourth-order valence-corrected chi connectivity index (χ4v) is 2.88. The monoisotopic (exact) mass is 241 g/mol. The van der Waals surface area contributed by atoms with E-state index in [0.717, 1.165) is 11.4 Å². The average Bonchev–Trinajstić information content (AvgIpc) is 2.93. The summed E-state index contributed by atoms with van der Waals surface area (Å²) >= 11 is 0. The van der Waals surface area contributed by atoms with Gasteiger partial charge in [0.15, 0.2) is 0 Å². The standard InChI is InChI=1S/C15H19N3/c1-10-8-14(18(2)17-10)15(16)13-7-6-11-4-3-5-12(11)9-13/h6-9,15H,3-5,16H2,1-2H3. The van der Waals surface area contributed by atoms with Gasteiger partial charge in [0.1, 0.15) is 0 Å². The van der Waals surface area contributed by atoms with Gasteiger partial charge in [-0.3, -0.25) is 4.68 Å². The van der Waals surface area contributed by atoms with Crippen LogP contribution in [0.5, 0.6) is 0 Å². The van der Waals surface area contributed by atoms with Crippen LogP contribution in [0.2, 0.25) is 0 Å². The second kappa shape index (κ2) is 4.25. The summed E-state index contributed by atoms with van der Waals surface area (Å²) in [4.78, 5) is 0. The molecule has 0 radical (unpaired) electrons. The predicted molar refractivity (Wildman–Crippen MR) is 72.4 cm³/mol. The Bertz CT molecular complexity index is 583. The summed E-state index contributed by atoms with van der Waals surface area (Å²) in [6.07, 6.45) is 3.69. The molecule has 94 valence electrons. The van der Waals surface area contributed by atoms with E-state index < -0.39 is 0 Å². The number of benzene rings is 1. The zero-order valence-electron chi connectivity index (χ0n) is 11.0. The van der Waals surface area contributed by atoms with E-state index in [4.69, 9.17) is 5.73 Å². The topological polar surface area (TPSA) is 43.8 Å². The quantitative estimate of drug-likeness (QED) is 0.876. The van der Waals surface area contributed by atoms with Crippen molar-refractivity contribution in [3.63, 3.8) is 0 Å². The third-order valence-electron chi connectivity index (χ3n) is 3.84. The lowest BCUT2D eigenvalue weighted by atomic mass is 9.99. The van der Waals surface area contributed by atoms with E-state index in [2.05, 4.69) is 29.4 Å². The van der Waals surface area contributed by atoms with Crippen LogP contribution in [0.15, 0.2) is 24.3 Å². The number of nitrogens with two attached hydrogens (primary N) is 1. The van der Waals surface area contributed by atoms with Gasteiger partial charge in [0.05, 0.1) is 17.4 Å². The van der Waals surface area contributed by atoms with Gasteiger partial charge in [0, 0.05) is 7.05 Å². The van der Waals surface area contributed by atoms with Gasteiger partial charge in [-0.1, -0.05) is 18.2 Å². The van der Waals surface area contributed by atoms with E-state index in [1.54, 1.807) is 0 Å². The summed E-state index contributed by atoms with van der Waals surface area (Å²) in [5, 5.41) is 4.37. The van der Waals surface area contributed by atoms with Crippen LogP contribution < -0.4 is 5.73 Å². The predicted octanol–water partition coefficient (Wildman–Crippen LogP) is 2.27. The van der Waals surface area contributed by atoms with E-state index in [9.17, 15) is 0 Å². The van der Waals surface area contributed by atoms with Crippen LogP contribution in [-0.4, -0.2) is 9.78 Å². The first kappa shape index (κ1) is 11.5. The van der Waals surface area contributed by atoms with E-state index >= 15 is 0 Å². The van der Waals surface area contributed by atoms with Crippen molar-refractivity contribution in [3.05, 3.63) is 52.3 Å². The summed E-state index contributed by atoms with van der Waals surface area (Å²) in [6, 6.07) is 8.66. The van der Waals surface area contributed by atoms with Crippen molar-refractivity contribution >= 4 is 0 Å². The largest absolute Gasteiger partial charge is 0.319 e. The number of aryl methyl sites for hydroxylation is 4. The van der Waals surface area contributed by atoms with Crippen molar-refractivity contribution in [2.75, 3.05) is 0 Å². The maximum Gasteiger partial charge on any atom is 0.0723 e. The molecule has 0 fully saturated rings. The highest BCUT2D eigenvalue weighted by Gasteiger charge is 2.17. The summed E-state index contributed by atoms with van der Waals surface area (Å²) in [5.41, 5.74) is 12.6. The molecule has 1 aromatic carbocycles. The Hall–Kier alpha value is -1.61. The molecule has 0 bridgehead atoms. The summed E-state index contributed by atoms with van der Waals surface area (Å²) in [6.45, 7) is 2.00. The molecule has 3 nitrogen and oxygen atoms in total. The molecule has 0 saturated heterocycles. The molecule has 1 aromatic heterocycles. The van der Waals surface area contributed by atoms with Crippen LogP contribution in [0.3, 0.4) is 0 Å². The second-order valence-electron chi connectivity index (χ2n) is 5.19. The number of fused-ring (bicyclic) bond motifs is 1. The number of nitrogens with zero attached hydrogens (tertiary/aromatic N) is 2. The van der Waals surface area contributed by atoms with Crippen molar-refractivity contribution in [1.82, 2.24) is 9.78 Å². The molecule has 1 heterocycles. The molecular formula is C15H19N3. The molecule has 18 heavy (non-hydrogen) atoms. The van der Waals surface area contributed by atoms with Crippen LogP contribution in [0, 0.1) is 6.92 Å². The van der Waals surface area contributed by atoms with E-state index in [0.29, 0.717) is 0 Å². The smallest absolute Gasteiger partial charge is 0.0723 e. The van der Waals surface area contributed by atoms with Crippen molar-refractivity contribution in [2.45, 2.75) is 32.2 Å². The lowest BCUT2D eigenvalue weighted by Crippen LogP contribution is -2.16. The molecule has 0 spiro atoms. The normalized spacial score (nSPS) is 15.7. The molecule has 0 aliphatic heterocycles. The molecule has 2 N–H and O–H groups in total. The first-order valence-electron chi connectivity index (χ1n) is 6.53. The van der Waals surface area contributed by atoms with Crippen LogP contribution in [0.4, 0.5) is 0 Å². The molecule has 1 unspecified atom stereocenters. The van der Waals surface area contributed by atoms with Gasteiger partial charge in [0.2, 0.25) is 0 Å². The summed E-state index contributed by atoms with van der Waals surface area (Å²) in [5.74, 6) is 0. The lowest BCUT2D eigenvalue weighted by Gasteiger charge is -2.14. The number of hydrogen-bond donors (Lipinski definition) is 1. The number of hydrogen-bond acceptors (Lipinski definition) is 2. The molecule has 1 atom stereocenters. The molecular weight excluding hydrogens is 222 g/mol. The molecule has 3 heteroatoms. The van der Waals surface area contributed by atoms with Gasteiger partial charge >= 0.3 is 0 Å². The first-order valence-corrected chi connectivity index (χ1v) is 6.53. The zero-order chi connectivity index (χ0) is 12.7. The third-order valence-corrected chi connectivity index (χ3v) is 3.84. The second-order valence-corrected chi connectivity index (χ2v) is 5.19. The van der Waals surface area contributed by atoms with Crippen LogP contribution in [0.1, 0.15) is 40.5 Å². The zero-order valence-corrected chi connectivity index (χ0v) is 11.0. The maximum absolute atomic E-state index is 6.36. The van der Waals surface area contributed by atoms with Gasteiger partial charge in [-0.05, 0) is 48.9 Å². The Morgan fingerprint density at radius 2 is 2.00 bits per heavy atom. The Kier molecular flexibility index (Phi) is 2.71.